The number of methoxy groups -OCH3 is 2. The van der Waals surface area contributed by atoms with Gasteiger partial charge in [0.15, 0.2) is 11.5 Å². The second-order valence-electron chi connectivity index (χ2n) is 6.25. The Hall–Kier alpha value is -3.47. The van der Waals surface area contributed by atoms with E-state index in [0.717, 1.165) is 17.7 Å². The summed E-state index contributed by atoms with van der Waals surface area (Å²) in [5.74, 6) is -2.12. The van der Waals surface area contributed by atoms with Crippen LogP contribution in [0.25, 0.3) is 0 Å². The van der Waals surface area contributed by atoms with E-state index in [1.165, 1.54) is 12.1 Å². The number of carboxylic acids is 2. The number of ether oxygens (including phenoxy) is 3. The summed E-state index contributed by atoms with van der Waals surface area (Å²) in [5, 5.41) is 17.8. The average molecular weight is 459 g/mol. The Morgan fingerprint density at radius 1 is 0.969 bits per heavy atom. The highest BCUT2D eigenvalue weighted by molar-refractivity contribution is 6.27. The van der Waals surface area contributed by atoms with Gasteiger partial charge in [-0.25, -0.2) is 9.59 Å². The molecular weight excluding hydrogens is 435 g/mol. The van der Waals surface area contributed by atoms with E-state index in [1.807, 2.05) is 19.2 Å². The molecular formula is C21H24F3NO7. The molecule has 176 valence electrons. The molecule has 0 radical (unpaired) electrons. The fourth-order valence-corrected chi connectivity index (χ4v) is 2.51. The molecule has 0 aromatic heterocycles. The highest BCUT2D eigenvalue weighted by Gasteiger charge is 2.30. The lowest BCUT2D eigenvalue weighted by atomic mass is 10.1. The van der Waals surface area contributed by atoms with Crippen LogP contribution in [0.2, 0.25) is 0 Å². The van der Waals surface area contributed by atoms with Gasteiger partial charge in [0.05, 0.1) is 19.8 Å². The maximum absolute atomic E-state index is 12.7. The maximum Gasteiger partial charge on any atom is 0.416 e. The van der Waals surface area contributed by atoms with Gasteiger partial charge in [0.25, 0.3) is 0 Å². The Balaban J connectivity index is 0.000000751. The van der Waals surface area contributed by atoms with Crippen LogP contribution in [0, 0.1) is 0 Å². The first-order valence-corrected chi connectivity index (χ1v) is 9.20. The van der Waals surface area contributed by atoms with E-state index < -0.39 is 23.7 Å². The van der Waals surface area contributed by atoms with E-state index in [1.54, 1.807) is 20.3 Å². The quantitative estimate of drug-likeness (QED) is 0.513. The van der Waals surface area contributed by atoms with Crippen molar-refractivity contribution < 1.29 is 47.2 Å². The lowest BCUT2D eigenvalue weighted by Gasteiger charge is -2.21. The summed E-state index contributed by atoms with van der Waals surface area (Å²) >= 11 is 0. The molecule has 1 unspecified atom stereocenters. The van der Waals surface area contributed by atoms with Crippen molar-refractivity contribution in [2.24, 2.45) is 0 Å². The highest BCUT2D eigenvalue weighted by Crippen LogP contribution is 2.34. The fraction of sp³-hybridized carbons (Fsp3) is 0.333. The van der Waals surface area contributed by atoms with Crippen LogP contribution >= 0.6 is 0 Å². The van der Waals surface area contributed by atoms with Crippen molar-refractivity contribution in [1.82, 2.24) is 5.32 Å². The number of nitrogens with one attached hydrogen (secondary N) is 1. The first-order chi connectivity index (χ1) is 15.0. The molecule has 32 heavy (non-hydrogen) atoms. The van der Waals surface area contributed by atoms with E-state index in [9.17, 15) is 13.2 Å². The van der Waals surface area contributed by atoms with Crippen molar-refractivity contribution in [2.75, 3.05) is 27.8 Å². The first kappa shape index (κ1) is 26.6. The Morgan fingerprint density at radius 3 is 1.97 bits per heavy atom. The van der Waals surface area contributed by atoms with Gasteiger partial charge in [0, 0.05) is 6.42 Å². The maximum atomic E-state index is 12.7. The molecule has 11 heteroatoms. The number of alkyl halides is 3. The zero-order valence-electron chi connectivity index (χ0n) is 17.6. The minimum absolute atomic E-state index is 0.348. The molecule has 0 aliphatic rings. The predicted molar refractivity (Wildman–Crippen MR) is 108 cm³/mol. The smallest absolute Gasteiger partial charge is 0.416 e. The summed E-state index contributed by atoms with van der Waals surface area (Å²) in [5.41, 5.74) is 0.139. The molecule has 1 atom stereocenters. The van der Waals surface area contributed by atoms with Gasteiger partial charge in [0.1, 0.15) is 11.9 Å². The Kier molecular flexibility index (Phi) is 10.3. The molecule has 0 aliphatic heterocycles. The van der Waals surface area contributed by atoms with Crippen LogP contribution < -0.4 is 19.5 Å². The van der Waals surface area contributed by atoms with Crippen molar-refractivity contribution in [1.29, 1.82) is 0 Å². The van der Waals surface area contributed by atoms with Gasteiger partial charge >= 0.3 is 18.1 Å². The molecule has 0 heterocycles. The monoisotopic (exact) mass is 459 g/mol. The molecule has 2 aromatic rings. The summed E-state index contributed by atoms with van der Waals surface area (Å²) in [6, 6.07) is 10.1. The summed E-state index contributed by atoms with van der Waals surface area (Å²) < 4.78 is 54.6. The van der Waals surface area contributed by atoms with Crippen LogP contribution in [0.3, 0.4) is 0 Å². The van der Waals surface area contributed by atoms with Crippen LogP contribution in [-0.2, 0) is 15.8 Å². The van der Waals surface area contributed by atoms with Crippen LogP contribution in [0.15, 0.2) is 42.5 Å². The van der Waals surface area contributed by atoms with Gasteiger partial charge in [-0.3, -0.25) is 0 Å². The molecule has 0 saturated heterocycles. The molecule has 0 bridgehead atoms. The highest BCUT2D eigenvalue weighted by atomic mass is 19.4. The summed E-state index contributed by atoms with van der Waals surface area (Å²) in [6.45, 7) is 0.680. The molecule has 0 amide bonds. The summed E-state index contributed by atoms with van der Waals surface area (Å²) in [4.78, 5) is 18.2. The third-order valence-electron chi connectivity index (χ3n) is 4.08. The first-order valence-electron chi connectivity index (χ1n) is 9.20. The van der Waals surface area contributed by atoms with Crippen LogP contribution in [0.4, 0.5) is 13.2 Å². The van der Waals surface area contributed by atoms with Crippen molar-refractivity contribution in [3.63, 3.8) is 0 Å². The van der Waals surface area contributed by atoms with Crippen LogP contribution in [0.5, 0.6) is 17.2 Å². The Labute approximate surface area is 182 Å². The number of hydrogen-bond donors (Lipinski definition) is 3. The van der Waals surface area contributed by atoms with Crippen LogP contribution in [0.1, 0.15) is 23.7 Å². The van der Waals surface area contributed by atoms with E-state index in [2.05, 4.69) is 5.32 Å². The van der Waals surface area contributed by atoms with Crippen molar-refractivity contribution >= 4 is 11.9 Å². The fourth-order valence-electron chi connectivity index (χ4n) is 2.51. The number of carbonyl (C=O) groups is 2. The topological polar surface area (TPSA) is 114 Å². The standard InChI is InChI=1S/C19H22F3NO3.C2H2O4/c1-23-11-10-16(13-4-9-17(24-2)18(12-13)25-3)26-15-7-5-14(6-8-15)19(20,21)22;3-1(4)2(5)6/h4-9,12,16,23H,10-11H2,1-3H3;(H,3,4)(H,5,6). The molecule has 0 spiro atoms. The molecule has 2 rings (SSSR count). The molecule has 0 fully saturated rings. The third-order valence-corrected chi connectivity index (χ3v) is 4.08. The van der Waals surface area contributed by atoms with Crippen molar-refractivity contribution in [3.8, 4) is 17.2 Å². The van der Waals surface area contributed by atoms with Crippen molar-refractivity contribution in [3.05, 3.63) is 53.6 Å². The van der Waals surface area contributed by atoms with Gasteiger partial charge in [-0.1, -0.05) is 6.07 Å². The van der Waals surface area contributed by atoms with Crippen LogP contribution in [-0.4, -0.2) is 50.0 Å². The Morgan fingerprint density at radius 2 is 1.53 bits per heavy atom. The largest absolute Gasteiger partial charge is 0.493 e. The van der Waals surface area contributed by atoms with Gasteiger partial charge in [-0.2, -0.15) is 13.2 Å². The third kappa shape index (κ3) is 8.34. The lowest BCUT2D eigenvalue weighted by molar-refractivity contribution is -0.159. The molecule has 0 saturated carbocycles. The number of rotatable bonds is 8. The summed E-state index contributed by atoms with van der Waals surface area (Å²) in [6.07, 6.45) is -4.08. The number of carboxylic acid groups (broad SMARTS) is 2. The van der Waals surface area contributed by atoms with Gasteiger partial charge in [-0.05, 0) is 55.6 Å². The normalized spacial score (nSPS) is 11.6. The van der Waals surface area contributed by atoms with Gasteiger partial charge < -0.3 is 29.7 Å². The lowest BCUT2D eigenvalue weighted by Crippen LogP contribution is -2.16. The molecule has 0 aliphatic carbocycles. The zero-order chi connectivity index (χ0) is 24.3. The predicted octanol–water partition coefficient (Wildman–Crippen LogP) is 3.61. The van der Waals surface area contributed by atoms with E-state index in [4.69, 9.17) is 34.0 Å². The zero-order valence-corrected chi connectivity index (χ0v) is 17.6. The molecule has 3 N–H and O–H groups in total. The van der Waals surface area contributed by atoms with E-state index in [-0.39, 0.29) is 6.10 Å². The Bertz CT molecular complexity index is 874. The molecule has 2 aromatic carbocycles. The minimum atomic E-state index is -4.37. The number of halogens is 3. The SMILES string of the molecule is CNCCC(Oc1ccc(C(F)(F)F)cc1)c1ccc(OC)c(OC)c1.O=C(O)C(=O)O. The molecule has 8 nitrogen and oxygen atoms in total. The minimum Gasteiger partial charge on any atom is -0.493 e. The second-order valence-corrected chi connectivity index (χ2v) is 6.25. The summed E-state index contributed by atoms with van der Waals surface area (Å²) in [7, 11) is 4.92. The second kappa shape index (κ2) is 12.4. The van der Waals surface area contributed by atoms with Gasteiger partial charge in [-0.15, -0.1) is 0 Å². The number of hydrogen-bond acceptors (Lipinski definition) is 6. The average Bonchev–Trinajstić information content (AvgIpc) is 2.76. The van der Waals surface area contributed by atoms with Crippen molar-refractivity contribution in [2.45, 2.75) is 18.7 Å². The number of benzene rings is 2. The number of aliphatic carboxylic acids is 2. The van der Waals surface area contributed by atoms with E-state index in [0.29, 0.717) is 30.2 Å². The van der Waals surface area contributed by atoms with Gasteiger partial charge in [0.2, 0.25) is 0 Å². The van der Waals surface area contributed by atoms with E-state index >= 15 is 0 Å².